The van der Waals surface area contributed by atoms with Crippen LogP contribution in [-0.2, 0) is 0 Å². The lowest BCUT2D eigenvalue weighted by Crippen LogP contribution is -1.92. The molecule has 0 heterocycles. The molecule has 0 aliphatic rings. The summed E-state index contributed by atoms with van der Waals surface area (Å²) in [5.74, 6) is 1.07. The van der Waals surface area contributed by atoms with Gasteiger partial charge in [-0.2, -0.15) is 0 Å². The van der Waals surface area contributed by atoms with Crippen molar-refractivity contribution in [2.75, 3.05) is 14.2 Å². The molecule has 16 heavy (non-hydrogen) atoms. The topological polar surface area (TPSA) is 61.6 Å². The monoisotopic (exact) mass is 287 g/mol. The second-order valence-corrected chi connectivity index (χ2v) is 3.69. The van der Waals surface area contributed by atoms with Gasteiger partial charge in [0.05, 0.1) is 23.6 Å². The van der Waals surface area contributed by atoms with Gasteiger partial charge in [-0.05, 0) is 33.6 Å². The lowest BCUT2D eigenvalue weighted by Gasteiger charge is -2.09. The van der Waals surface area contributed by atoms with Gasteiger partial charge in [0.2, 0.25) is 6.20 Å². The number of nitro groups is 1. The van der Waals surface area contributed by atoms with Gasteiger partial charge in [0.25, 0.3) is 0 Å². The molecule has 0 unspecified atom stereocenters. The fourth-order valence-corrected chi connectivity index (χ4v) is 1.80. The summed E-state index contributed by atoms with van der Waals surface area (Å²) in [6.07, 6.45) is 2.25. The van der Waals surface area contributed by atoms with Gasteiger partial charge >= 0.3 is 0 Å². The maximum Gasteiger partial charge on any atom is 0.235 e. The maximum atomic E-state index is 10.2. The molecule has 0 aliphatic carbocycles. The highest BCUT2D eigenvalue weighted by atomic mass is 79.9. The van der Waals surface area contributed by atoms with Crippen molar-refractivity contribution in [3.8, 4) is 11.5 Å². The van der Waals surface area contributed by atoms with Gasteiger partial charge in [-0.3, -0.25) is 10.1 Å². The van der Waals surface area contributed by atoms with Crippen LogP contribution in [0.3, 0.4) is 0 Å². The number of hydrogen-bond donors (Lipinski definition) is 0. The van der Waals surface area contributed by atoms with Gasteiger partial charge in [0.1, 0.15) is 0 Å². The molecule has 1 aromatic carbocycles. The molecule has 0 saturated heterocycles. The standard InChI is InChI=1S/C10H10BrNO4/c1-15-9-6-7(3-4-12(13)14)5-8(11)10(9)16-2/h3-6H,1-2H3/b4-3-. The number of methoxy groups -OCH3 is 2. The van der Waals surface area contributed by atoms with Crippen LogP contribution in [0.15, 0.2) is 22.8 Å². The number of nitrogens with zero attached hydrogens (tertiary/aromatic N) is 1. The van der Waals surface area contributed by atoms with Crippen LogP contribution in [0.4, 0.5) is 0 Å². The fraction of sp³-hybridized carbons (Fsp3) is 0.200. The second-order valence-electron chi connectivity index (χ2n) is 2.84. The zero-order valence-corrected chi connectivity index (χ0v) is 10.4. The Morgan fingerprint density at radius 1 is 1.38 bits per heavy atom. The van der Waals surface area contributed by atoms with Crippen molar-refractivity contribution in [3.63, 3.8) is 0 Å². The van der Waals surface area contributed by atoms with Gasteiger partial charge in [-0.25, -0.2) is 0 Å². The first-order valence-electron chi connectivity index (χ1n) is 4.31. The number of hydrogen-bond acceptors (Lipinski definition) is 4. The molecule has 0 aliphatic heterocycles. The molecule has 86 valence electrons. The summed E-state index contributed by atoms with van der Waals surface area (Å²) in [5, 5.41) is 10.2. The van der Waals surface area contributed by atoms with Crippen molar-refractivity contribution in [2.24, 2.45) is 0 Å². The summed E-state index contributed by atoms with van der Waals surface area (Å²) < 4.78 is 10.9. The van der Waals surface area contributed by atoms with Crippen molar-refractivity contribution in [3.05, 3.63) is 38.5 Å². The van der Waals surface area contributed by atoms with Crippen LogP contribution in [0.1, 0.15) is 5.56 Å². The van der Waals surface area contributed by atoms with Crippen LogP contribution in [0.25, 0.3) is 6.08 Å². The van der Waals surface area contributed by atoms with Crippen molar-refractivity contribution in [1.29, 1.82) is 0 Å². The third kappa shape index (κ3) is 2.96. The Bertz CT molecular complexity index is 431. The highest BCUT2D eigenvalue weighted by Crippen LogP contribution is 2.36. The largest absolute Gasteiger partial charge is 0.493 e. The van der Waals surface area contributed by atoms with E-state index in [0.717, 1.165) is 6.20 Å². The van der Waals surface area contributed by atoms with Crippen LogP contribution >= 0.6 is 15.9 Å². The average Bonchev–Trinajstić information content (AvgIpc) is 2.25. The first-order chi connectivity index (χ1) is 7.58. The third-order valence-electron chi connectivity index (χ3n) is 1.84. The molecule has 5 nitrogen and oxygen atoms in total. The summed E-state index contributed by atoms with van der Waals surface area (Å²) in [7, 11) is 3.03. The van der Waals surface area contributed by atoms with Gasteiger partial charge in [-0.1, -0.05) is 0 Å². The Kier molecular flexibility index (Phi) is 4.30. The molecular formula is C10H10BrNO4. The van der Waals surface area contributed by atoms with E-state index in [0.29, 0.717) is 21.5 Å². The van der Waals surface area contributed by atoms with Crippen LogP contribution in [-0.4, -0.2) is 19.1 Å². The molecule has 6 heteroatoms. The summed E-state index contributed by atoms with van der Waals surface area (Å²) in [5.41, 5.74) is 0.654. The Morgan fingerprint density at radius 3 is 2.56 bits per heavy atom. The van der Waals surface area contributed by atoms with E-state index in [1.807, 2.05) is 0 Å². The van der Waals surface area contributed by atoms with E-state index in [-0.39, 0.29) is 0 Å². The minimum absolute atomic E-state index is 0.514. The Labute approximate surface area is 101 Å². The first kappa shape index (κ1) is 12.5. The third-order valence-corrected chi connectivity index (χ3v) is 2.43. The van der Waals surface area contributed by atoms with Gasteiger partial charge < -0.3 is 9.47 Å². The average molecular weight is 288 g/mol. The van der Waals surface area contributed by atoms with E-state index in [9.17, 15) is 10.1 Å². The molecule has 0 amide bonds. The first-order valence-corrected chi connectivity index (χ1v) is 5.11. The molecule has 1 aromatic rings. The Hall–Kier alpha value is -1.56. The van der Waals surface area contributed by atoms with E-state index in [4.69, 9.17) is 9.47 Å². The molecule has 0 bridgehead atoms. The van der Waals surface area contributed by atoms with E-state index in [1.165, 1.54) is 20.3 Å². The SMILES string of the molecule is COc1cc(/C=C\[N+](=O)[O-])cc(Br)c1OC. The van der Waals surface area contributed by atoms with E-state index in [1.54, 1.807) is 12.1 Å². The van der Waals surface area contributed by atoms with E-state index in [2.05, 4.69) is 15.9 Å². The van der Waals surface area contributed by atoms with Crippen LogP contribution < -0.4 is 9.47 Å². The highest BCUT2D eigenvalue weighted by Gasteiger charge is 2.09. The molecule has 0 N–H and O–H groups in total. The lowest BCUT2D eigenvalue weighted by atomic mass is 10.2. The number of halogens is 1. The van der Waals surface area contributed by atoms with Crippen molar-refractivity contribution < 1.29 is 14.4 Å². The quantitative estimate of drug-likeness (QED) is 0.631. The van der Waals surface area contributed by atoms with Gasteiger partial charge in [0.15, 0.2) is 11.5 Å². The number of ether oxygens (including phenoxy) is 2. The molecule has 0 saturated carbocycles. The van der Waals surface area contributed by atoms with Crippen molar-refractivity contribution in [1.82, 2.24) is 0 Å². The second kappa shape index (κ2) is 5.50. The molecule has 1 rings (SSSR count). The zero-order chi connectivity index (χ0) is 12.1. The maximum absolute atomic E-state index is 10.2. The van der Waals surface area contributed by atoms with Crippen LogP contribution in [0.2, 0.25) is 0 Å². The zero-order valence-electron chi connectivity index (χ0n) is 8.77. The molecule has 0 aromatic heterocycles. The molecule has 0 fully saturated rings. The Morgan fingerprint density at radius 2 is 2.06 bits per heavy atom. The summed E-state index contributed by atoms with van der Waals surface area (Å²) >= 11 is 3.30. The predicted molar refractivity (Wildman–Crippen MR) is 63.3 cm³/mol. The van der Waals surface area contributed by atoms with Crippen LogP contribution in [0.5, 0.6) is 11.5 Å². The normalized spacial score (nSPS) is 10.4. The van der Waals surface area contributed by atoms with Crippen molar-refractivity contribution >= 4 is 22.0 Å². The summed E-state index contributed by atoms with van der Waals surface area (Å²) in [6.45, 7) is 0. The van der Waals surface area contributed by atoms with Gasteiger partial charge in [-0.15, -0.1) is 0 Å². The van der Waals surface area contributed by atoms with E-state index >= 15 is 0 Å². The minimum Gasteiger partial charge on any atom is -0.493 e. The minimum atomic E-state index is -0.523. The van der Waals surface area contributed by atoms with E-state index < -0.39 is 4.92 Å². The van der Waals surface area contributed by atoms with Crippen molar-refractivity contribution in [2.45, 2.75) is 0 Å². The molecule has 0 radical (unpaired) electrons. The number of rotatable bonds is 4. The highest BCUT2D eigenvalue weighted by molar-refractivity contribution is 9.10. The smallest absolute Gasteiger partial charge is 0.235 e. The molecule has 0 spiro atoms. The van der Waals surface area contributed by atoms with Gasteiger partial charge in [0, 0.05) is 6.08 Å². The predicted octanol–water partition coefficient (Wildman–Crippen LogP) is 2.71. The summed E-state index contributed by atoms with van der Waals surface area (Å²) in [4.78, 5) is 9.66. The lowest BCUT2D eigenvalue weighted by molar-refractivity contribution is -0.400. The van der Waals surface area contributed by atoms with Crippen LogP contribution in [0, 0.1) is 10.1 Å². The number of benzene rings is 1. The summed E-state index contributed by atoms with van der Waals surface area (Å²) in [6, 6.07) is 3.37. The fourth-order valence-electron chi connectivity index (χ4n) is 1.18. The Balaban J connectivity index is 3.15. The molecular weight excluding hydrogens is 278 g/mol. The molecule has 0 atom stereocenters.